The predicted octanol–water partition coefficient (Wildman–Crippen LogP) is 1.06. The molecular formula is C12H18N2O2. The van der Waals surface area contributed by atoms with E-state index >= 15 is 0 Å². The molecule has 0 fully saturated rings. The molecule has 0 aromatic heterocycles. The Bertz CT molecular complexity index is 366. The van der Waals surface area contributed by atoms with Crippen LogP contribution in [0.4, 0.5) is 0 Å². The van der Waals surface area contributed by atoms with Crippen molar-refractivity contribution in [2.45, 2.75) is 25.9 Å². The molecule has 0 saturated carbocycles. The van der Waals surface area contributed by atoms with Crippen LogP contribution < -0.4 is 11.1 Å². The fraction of sp³-hybridized carbons (Fsp3) is 0.417. The summed E-state index contributed by atoms with van der Waals surface area (Å²) < 4.78 is 0. The van der Waals surface area contributed by atoms with Gasteiger partial charge in [-0.3, -0.25) is 4.79 Å². The predicted molar refractivity (Wildman–Crippen MR) is 63.2 cm³/mol. The Hall–Kier alpha value is -1.39. The number of nitrogens with two attached hydrogens (primary N) is 1. The van der Waals surface area contributed by atoms with Crippen LogP contribution in [0.3, 0.4) is 0 Å². The first kappa shape index (κ1) is 12.7. The molecule has 2 atom stereocenters. The Morgan fingerprint density at radius 2 is 2.25 bits per heavy atom. The average Bonchev–Trinajstić information content (AvgIpc) is 2.25. The van der Waals surface area contributed by atoms with Crippen LogP contribution in [0.25, 0.3) is 0 Å². The molecule has 0 bridgehead atoms. The molecule has 4 heteroatoms. The molecule has 0 aliphatic carbocycles. The van der Waals surface area contributed by atoms with Crippen LogP contribution in [0.1, 0.15) is 24.1 Å². The number of carboxylic acid groups (broad SMARTS) is 1. The summed E-state index contributed by atoms with van der Waals surface area (Å²) in [5, 5.41) is 11.7. The maximum absolute atomic E-state index is 10.5. The zero-order chi connectivity index (χ0) is 12.1. The number of hydrogen-bond acceptors (Lipinski definition) is 3. The van der Waals surface area contributed by atoms with Crippen LogP contribution in [0, 0.1) is 6.92 Å². The minimum Gasteiger partial charge on any atom is -0.480 e. The van der Waals surface area contributed by atoms with Gasteiger partial charge in [0.15, 0.2) is 0 Å². The highest BCUT2D eigenvalue weighted by atomic mass is 16.4. The summed E-state index contributed by atoms with van der Waals surface area (Å²) >= 11 is 0. The van der Waals surface area contributed by atoms with Crippen LogP contribution in [0.15, 0.2) is 24.3 Å². The normalized spacial score (nSPS) is 14.4. The first-order valence-corrected chi connectivity index (χ1v) is 5.29. The molecule has 4 N–H and O–H groups in total. The quantitative estimate of drug-likeness (QED) is 0.696. The maximum atomic E-state index is 10.5. The molecule has 1 rings (SSSR count). The van der Waals surface area contributed by atoms with Crippen molar-refractivity contribution in [3.63, 3.8) is 0 Å². The topological polar surface area (TPSA) is 75.3 Å². The molecule has 88 valence electrons. The molecule has 4 nitrogen and oxygen atoms in total. The van der Waals surface area contributed by atoms with E-state index in [1.165, 1.54) is 5.56 Å². The fourth-order valence-corrected chi connectivity index (χ4v) is 1.45. The van der Waals surface area contributed by atoms with Crippen molar-refractivity contribution < 1.29 is 9.90 Å². The number of carbonyl (C=O) groups is 1. The van der Waals surface area contributed by atoms with Gasteiger partial charge in [-0.05, 0) is 19.4 Å². The number of aliphatic carboxylic acids is 1. The third kappa shape index (κ3) is 3.64. The van der Waals surface area contributed by atoms with Gasteiger partial charge in [0.25, 0.3) is 0 Å². The van der Waals surface area contributed by atoms with Gasteiger partial charge in [-0.1, -0.05) is 29.8 Å². The molecule has 0 amide bonds. The summed E-state index contributed by atoms with van der Waals surface area (Å²) in [6.07, 6.45) is 0. The summed E-state index contributed by atoms with van der Waals surface area (Å²) in [6, 6.07) is 7.35. The number of benzene rings is 1. The zero-order valence-electron chi connectivity index (χ0n) is 9.60. The van der Waals surface area contributed by atoms with E-state index in [4.69, 9.17) is 10.8 Å². The van der Waals surface area contributed by atoms with E-state index in [-0.39, 0.29) is 12.6 Å². The van der Waals surface area contributed by atoms with Crippen molar-refractivity contribution in [3.8, 4) is 0 Å². The summed E-state index contributed by atoms with van der Waals surface area (Å²) in [4.78, 5) is 10.5. The lowest BCUT2D eigenvalue weighted by atomic mass is 10.1. The number of rotatable bonds is 5. The summed E-state index contributed by atoms with van der Waals surface area (Å²) in [5.41, 5.74) is 7.74. The van der Waals surface area contributed by atoms with E-state index in [9.17, 15) is 4.79 Å². The van der Waals surface area contributed by atoms with Crippen LogP contribution >= 0.6 is 0 Å². The second-order valence-corrected chi connectivity index (χ2v) is 3.99. The Morgan fingerprint density at radius 3 is 2.81 bits per heavy atom. The molecule has 0 spiro atoms. The van der Waals surface area contributed by atoms with Gasteiger partial charge in [0.2, 0.25) is 0 Å². The maximum Gasteiger partial charge on any atom is 0.321 e. The molecule has 16 heavy (non-hydrogen) atoms. The smallest absolute Gasteiger partial charge is 0.321 e. The minimum atomic E-state index is -0.982. The van der Waals surface area contributed by atoms with Gasteiger partial charge in [0, 0.05) is 12.6 Å². The summed E-state index contributed by atoms with van der Waals surface area (Å²) in [5.74, 6) is -0.982. The third-order valence-electron chi connectivity index (χ3n) is 2.50. The fourth-order valence-electron chi connectivity index (χ4n) is 1.45. The van der Waals surface area contributed by atoms with Gasteiger partial charge in [-0.25, -0.2) is 0 Å². The molecule has 1 unspecified atom stereocenters. The second kappa shape index (κ2) is 5.63. The van der Waals surface area contributed by atoms with Crippen molar-refractivity contribution in [1.29, 1.82) is 0 Å². The standard InChI is InChI=1S/C12H18N2O2/c1-8-4-3-5-10(6-8)9(2)14-7-11(13)12(15)16/h3-6,9,11,14H,7,13H2,1-2H3,(H,15,16)/t9-,11?/m1/s1. The monoisotopic (exact) mass is 222 g/mol. The molecule has 0 aliphatic heterocycles. The van der Waals surface area contributed by atoms with E-state index < -0.39 is 12.0 Å². The highest BCUT2D eigenvalue weighted by Gasteiger charge is 2.13. The first-order chi connectivity index (χ1) is 7.50. The van der Waals surface area contributed by atoms with Crippen LogP contribution in [0.2, 0.25) is 0 Å². The lowest BCUT2D eigenvalue weighted by Crippen LogP contribution is -2.41. The number of nitrogens with one attached hydrogen (secondary N) is 1. The molecule has 1 aromatic rings. The summed E-state index contributed by atoms with van der Waals surface area (Å²) in [7, 11) is 0. The SMILES string of the molecule is Cc1cccc([C@@H](C)NCC(N)C(=O)O)c1. The first-order valence-electron chi connectivity index (χ1n) is 5.29. The van der Waals surface area contributed by atoms with Crippen LogP contribution in [-0.4, -0.2) is 23.7 Å². The van der Waals surface area contributed by atoms with Crippen molar-refractivity contribution in [2.24, 2.45) is 5.73 Å². The van der Waals surface area contributed by atoms with Crippen molar-refractivity contribution in [3.05, 3.63) is 35.4 Å². The Balaban J connectivity index is 2.52. The van der Waals surface area contributed by atoms with E-state index in [2.05, 4.69) is 11.4 Å². The average molecular weight is 222 g/mol. The number of carboxylic acids is 1. The second-order valence-electron chi connectivity index (χ2n) is 3.99. The van der Waals surface area contributed by atoms with Crippen molar-refractivity contribution >= 4 is 5.97 Å². The number of aryl methyl sites for hydroxylation is 1. The van der Waals surface area contributed by atoms with Crippen LogP contribution in [-0.2, 0) is 4.79 Å². The van der Waals surface area contributed by atoms with Crippen molar-refractivity contribution in [2.75, 3.05) is 6.54 Å². The molecule has 1 aromatic carbocycles. The Labute approximate surface area is 95.5 Å². The van der Waals surface area contributed by atoms with Gasteiger partial charge in [-0.15, -0.1) is 0 Å². The lowest BCUT2D eigenvalue weighted by molar-refractivity contribution is -0.138. The highest BCUT2D eigenvalue weighted by Crippen LogP contribution is 2.13. The van der Waals surface area contributed by atoms with Gasteiger partial charge in [-0.2, -0.15) is 0 Å². The van der Waals surface area contributed by atoms with E-state index in [0.717, 1.165) is 5.56 Å². The van der Waals surface area contributed by atoms with E-state index in [1.807, 2.05) is 32.0 Å². The Kier molecular flexibility index (Phi) is 4.46. The molecular weight excluding hydrogens is 204 g/mol. The van der Waals surface area contributed by atoms with Crippen LogP contribution in [0.5, 0.6) is 0 Å². The number of hydrogen-bond donors (Lipinski definition) is 3. The molecule has 0 saturated heterocycles. The van der Waals surface area contributed by atoms with Gasteiger partial charge < -0.3 is 16.2 Å². The summed E-state index contributed by atoms with van der Waals surface area (Å²) in [6.45, 7) is 4.28. The van der Waals surface area contributed by atoms with Gasteiger partial charge in [0.1, 0.15) is 6.04 Å². The minimum absolute atomic E-state index is 0.102. The molecule has 0 aliphatic rings. The third-order valence-corrected chi connectivity index (χ3v) is 2.50. The Morgan fingerprint density at radius 1 is 1.56 bits per heavy atom. The lowest BCUT2D eigenvalue weighted by Gasteiger charge is -2.16. The molecule has 0 radical (unpaired) electrons. The van der Waals surface area contributed by atoms with E-state index in [0.29, 0.717) is 0 Å². The van der Waals surface area contributed by atoms with Gasteiger partial charge in [0.05, 0.1) is 0 Å². The van der Waals surface area contributed by atoms with E-state index in [1.54, 1.807) is 0 Å². The largest absolute Gasteiger partial charge is 0.480 e. The highest BCUT2D eigenvalue weighted by molar-refractivity contribution is 5.73. The van der Waals surface area contributed by atoms with Crippen molar-refractivity contribution in [1.82, 2.24) is 5.32 Å². The van der Waals surface area contributed by atoms with Gasteiger partial charge >= 0.3 is 5.97 Å². The zero-order valence-corrected chi connectivity index (χ0v) is 9.60. The molecule has 0 heterocycles.